The summed E-state index contributed by atoms with van der Waals surface area (Å²) in [6.07, 6.45) is 0.856. The van der Waals surface area contributed by atoms with E-state index in [1.807, 2.05) is 60.4 Å². The molecule has 130 valence electrons. The van der Waals surface area contributed by atoms with Crippen LogP contribution < -0.4 is 5.73 Å². The molecule has 24 heavy (non-hydrogen) atoms. The zero-order valence-corrected chi connectivity index (χ0v) is 15.6. The lowest BCUT2D eigenvalue weighted by molar-refractivity contribution is -0.130. The van der Waals surface area contributed by atoms with E-state index >= 15 is 0 Å². The highest BCUT2D eigenvalue weighted by Crippen LogP contribution is 2.24. The van der Waals surface area contributed by atoms with Crippen molar-refractivity contribution in [2.75, 3.05) is 19.6 Å². The van der Waals surface area contributed by atoms with Crippen LogP contribution in [0.25, 0.3) is 0 Å². The highest BCUT2D eigenvalue weighted by molar-refractivity contribution is 8.00. The fourth-order valence-corrected chi connectivity index (χ4v) is 3.38. The van der Waals surface area contributed by atoms with Gasteiger partial charge in [0.25, 0.3) is 0 Å². The summed E-state index contributed by atoms with van der Waals surface area (Å²) in [7, 11) is 0. The molecule has 0 spiro atoms. The summed E-state index contributed by atoms with van der Waals surface area (Å²) in [4.78, 5) is 15.7. The Kier molecular flexibility index (Phi) is 9.53. The van der Waals surface area contributed by atoms with Crippen LogP contribution in [0.1, 0.15) is 12.5 Å². The molecule has 1 unspecified atom stereocenters. The van der Waals surface area contributed by atoms with E-state index in [1.54, 1.807) is 11.8 Å². The van der Waals surface area contributed by atoms with Gasteiger partial charge in [-0.1, -0.05) is 48.5 Å². The van der Waals surface area contributed by atoms with Gasteiger partial charge in [-0.15, -0.1) is 24.2 Å². The summed E-state index contributed by atoms with van der Waals surface area (Å²) >= 11 is 1.60. The molecule has 1 atom stereocenters. The Morgan fingerprint density at radius 2 is 1.62 bits per heavy atom. The van der Waals surface area contributed by atoms with E-state index in [4.69, 9.17) is 5.73 Å². The third kappa shape index (κ3) is 6.56. The first-order valence-electron chi connectivity index (χ1n) is 7.95. The monoisotopic (exact) mass is 364 g/mol. The first kappa shape index (κ1) is 20.6. The number of nitrogens with two attached hydrogens (primary N) is 1. The Labute approximate surface area is 155 Å². The van der Waals surface area contributed by atoms with Gasteiger partial charge in [0.05, 0.1) is 5.25 Å². The highest BCUT2D eigenvalue weighted by Gasteiger charge is 2.20. The number of nitrogens with zero attached hydrogens (tertiary/aromatic N) is 1. The minimum absolute atomic E-state index is 0. The number of rotatable bonds is 8. The summed E-state index contributed by atoms with van der Waals surface area (Å²) < 4.78 is 0. The molecule has 0 heterocycles. The zero-order valence-electron chi connectivity index (χ0n) is 13.9. The Balaban J connectivity index is 0.00000288. The molecule has 0 aliphatic heterocycles. The molecule has 2 aromatic carbocycles. The largest absolute Gasteiger partial charge is 0.340 e. The molecule has 0 fully saturated rings. The van der Waals surface area contributed by atoms with Gasteiger partial charge < -0.3 is 10.6 Å². The number of hydrogen-bond acceptors (Lipinski definition) is 3. The van der Waals surface area contributed by atoms with Gasteiger partial charge in [0.15, 0.2) is 0 Å². The third-order valence-corrected chi connectivity index (χ3v) is 4.73. The first-order chi connectivity index (χ1) is 11.2. The molecule has 0 saturated heterocycles. The maximum Gasteiger partial charge on any atom is 0.235 e. The Morgan fingerprint density at radius 1 is 1.04 bits per heavy atom. The molecule has 0 bridgehead atoms. The van der Waals surface area contributed by atoms with Gasteiger partial charge in [0.2, 0.25) is 5.91 Å². The van der Waals surface area contributed by atoms with E-state index in [0.717, 1.165) is 11.3 Å². The molecule has 5 heteroatoms. The SMILES string of the molecule is CC(Sc1ccccc1)C(=O)N(CCN)CCc1ccccc1.Cl. The van der Waals surface area contributed by atoms with E-state index < -0.39 is 0 Å². The second-order valence-corrected chi connectivity index (χ2v) is 6.84. The summed E-state index contributed by atoms with van der Waals surface area (Å²) in [5.41, 5.74) is 6.93. The highest BCUT2D eigenvalue weighted by atomic mass is 35.5. The molecule has 2 N–H and O–H groups in total. The average molecular weight is 365 g/mol. The maximum atomic E-state index is 12.7. The molecule has 3 nitrogen and oxygen atoms in total. The molecule has 1 amide bonds. The molecule has 0 aliphatic rings. The predicted molar refractivity (Wildman–Crippen MR) is 105 cm³/mol. The van der Waals surface area contributed by atoms with Gasteiger partial charge >= 0.3 is 0 Å². The van der Waals surface area contributed by atoms with Crippen molar-refractivity contribution in [3.8, 4) is 0 Å². The first-order valence-corrected chi connectivity index (χ1v) is 8.83. The minimum atomic E-state index is -0.111. The fraction of sp³-hybridized carbons (Fsp3) is 0.316. The van der Waals surface area contributed by atoms with Gasteiger partial charge in [0.1, 0.15) is 0 Å². The fourth-order valence-electron chi connectivity index (χ4n) is 2.41. The lowest BCUT2D eigenvalue weighted by Crippen LogP contribution is -2.41. The topological polar surface area (TPSA) is 46.3 Å². The quantitative estimate of drug-likeness (QED) is 0.728. The summed E-state index contributed by atoms with van der Waals surface area (Å²) in [5, 5.41) is -0.111. The lowest BCUT2D eigenvalue weighted by atomic mass is 10.1. The van der Waals surface area contributed by atoms with E-state index in [1.165, 1.54) is 5.56 Å². The van der Waals surface area contributed by atoms with Gasteiger partial charge in [-0.25, -0.2) is 0 Å². The Bertz CT molecular complexity index is 595. The van der Waals surface area contributed by atoms with E-state index in [2.05, 4.69) is 12.1 Å². The molecule has 0 saturated carbocycles. The van der Waals surface area contributed by atoms with Gasteiger partial charge in [-0.2, -0.15) is 0 Å². The van der Waals surface area contributed by atoms with Crippen molar-refractivity contribution in [3.05, 3.63) is 66.2 Å². The van der Waals surface area contributed by atoms with Crippen LogP contribution in [-0.2, 0) is 11.2 Å². The van der Waals surface area contributed by atoms with Gasteiger partial charge in [-0.3, -0.25) is 4.79 Å². The number of hydrogen-bond donors (Lipinski definition) is 1. The number of carbonyl (C=O) groups excluding carboxylic acids is 1. The van der Waals surface area contributed by atoms with Crippen LogP contribution in [0.5, 0.6) is 0 Å². The Morgan fingerprint density at radius 3 is 2.21 bits per heavy atom. The standard InChI is InChI=1S/C19H24N2OS.ClH/c1-16(23-18-10-6-3-7-11-18)19(22)21(15-13-20)14-12-17-8-4-2-5-9-17;/h2-11,16H,12-15,20H2,1H3;1H. The number of benzene rings is 2. The average Bonchev–Trinajstić information content (AvgIpc) is 2.59. The smallest absolute Gasteiger partial charge is 0.235 e. The molecule has 0 aliphatic carbocycles. The van der Waals surface area contributed by atoms with Crippen molar-refractivity contribution < 1.29 is 4.79 Å². The maximum absolute atomic E-state index is 12.7. The van der Waals surface area contributed by atoms with Crippen molar-refractivity contribution >= 4 is 30.1 Å². The minimum Gasteiger partial charge on any atom is -0.340 e. The van der Waals surface area contributed by atoms with E-state index in [0.29, 0.717) is 19.6 Å². The van der Waals surface area contributed by atoms with Crippen LogP contribution in [0.4, 0.5) is 0 Å². The molecule has 0 aromatic heterocycles. The molecular formula is C19H25ClN2OS. The number of carbonyl (C=O) groups is 1. The third-order valence-electron chi connectivity index (χ3n) is 3.63. The second-order valence-electron chi connectivity index (χ2n) is 5.42. The van der Waals surface area contributed by atoms with Crippen LogP contribution in [-0.4, -0.2) is 35.7 Å². The van der Waals surface area contributed by atoms with Crippen LogP contribution in [0.3, 0.4) is 0 Å². The van der Waals surface area contributed by atoms with Crippen LogP contribution in [0.2, 0.25) is 0 Å². The van der Waals surface area contributed by atoms with E-state index in [-0.39, 0.29) is 23.6 Å². The van der Waals surface area contributed by atoms with Crippen LogP contribution in [0, 0.1) is 0 Å². The van der Waals surface area contributed by atoms with Crippen molar-refractivity contribution in [3.63, 3.8) is 0 Å². The second kappa shape index (κ2) is 11.1. The zero-order chi connectivity index (χ0) is 16.5. The summed E-state index contributed by atoms with van der Waals surface area (Å²) in [6, 6.07) is 20.3. The summed E-state index contributed by atoms with van der Waals surface area (Å²) in [6.45, 7) is 3.76. The van der Waals surface area contributed by atoms with Crippen LogP contribution in [0.15, 0.2) is 65.6 Å². The number of amides is 1. The predicted octanol–water partition coefficient (Wildman–Crippen LogP) is 3.62. The molecule has 2 aromatic rings. The van der Waals surface area contributed by atoms with Crippen molar-refractivity contribution in [2.24, 2.45) is 5.73 Å². The van der Waals surface area contributed by atoms with Crippen molar-refractivity contribution in [1.82, 2.24) is 4.90 Å². The van der Waals surface area contributed by atoms with Crippen molar-refractivity contribution in [1.29, 1.82) is 0 Å². The van der Waals surface area contributed by atoms with E-state index in [9.17, 15) is 4.79 Å². The normalized spacial score (nSPS) is 11.4. The van der Waals surface area contributed by atoms with Gasteiger partial charge in [-0.05, 0) is 31.0 Å². The number of halogens is 1. The molecule has 2 rings (SSSR count). The summed E-state index contributed by atoms with van der Waals surface area (Å²) in [5.74, 6) is 0.153. The lowest BCUT2D eigenvalue weighted by Gasteiger charge is -2.25. The van der Waals surface area contributed by atoms with Crippen LogP contribution >= 0.6 is 24.2 Å². The molecule has 0 radical (unpaired) electrons. The Hall–Kier alpha value is -1.49. The number of thioether (sulfide) groups is 1. The van der Waals surface area contributed by atoms with Crippen molar-refractivity contribution in [2.45, 2.75) is 23.5 Å². The molecular weight excluding hydrogens is 340 g/mol. The van der Waals surface area contributed by atoms with Gasteiger partial charge in [0, 0.05) is 24.5 Å².